The predicted octanol–water partition coefficient (Wildman–Crippen LogP) is 5.41. The lowest BCUT2D eigenvalue weighted by atomic mass is 9.79. The fourth-order valence-corrected chi connectivity index (χ4v) is 4.34. The van der Waals surface area contributed by atoms with E-state index in [0.29, 0.717) is 28.4 Å². The number of fused-ring (bicyclic) bond motifs is 1. The zero-order chi connectivity index (χ0) is 19.0. The molecule has 0 unspecified atom stereocenters. The molecule has 0 aliphatic heterocycles. The summed E-state index contributed by atoms with van der Waals surface area (Å²) in [7, 11) is 0. The molecule has 27 heavy (non-hydrogen) atoms. The van der Waals surface area contributed by atoms with Crippen LogP contribution in [0.2, 0.25) is 5.02 Å². The van der Waals surface area contributed by atoms with Crippen molar-refractivity contribution in [2.75, 3.05) is 0 Å². The van der Waals surface area contributed by atoms with Crippen LogP contribution >= 0.6 is 11.6 Å². The number of imidazole rings is 1. The largest absolute Gasteiger partial charge is 0.326 e. The summed E-state index contributed by atoms with van der Waals surface area (Å²) >= 11 is 6.15. The molecular formula is C21H22ClN5. The second kappa shape index (κ2) is 7.28. The van der Waals surface area contributed by atoms with Gasteiger partial charge < -0.3 is 4.57 Å². The topological polar surface area (TPSA) is 67.4 Å². The van der Waals surface area contributed by atoms with Crippen molar-refractivity contribution in [1.82, 2.24) is 19.5 Å². The number of hydrogen-bond acceptors (Lipinski definition) is 4. The second-order valence-electron chi connectivity index (χ2n) is 7.64. The highest BCUT2D eigenvalue weighted by Gasteiger charge is 2.26. The minimum Gasteiger partial charge on any atom is -0.326 e. The molecule has 1 fully saturated rings. The van der Waals surface area contributed by atoms with Crippen molar-refractivity contribution in [2.45, 2.75) is 45.6 Å². The van der Waals surface area contributed by atoms with Gasteiger partial charge in [-0.3, -0.25) is 4.98 Å². The molecule has 0 bridgehead atoms. The molecule has 5 nitrogen and oxygen atoms in total. The summed E-state index contributed by atoms with van der Waals surface area (Å²) in [6, 6.07) is 6.05. The Hall–Kier alpha value is -2.45. The van der Waals surface area contributed by atoms with Crippen LogP contribution in [0.25, 0.3) is 22.3 Å². The zero-order valence-corrected chi connectivity index (χ0v) is 16.3. The standard InChI is InChI=1S/C21H22ClN5/c1-13-3-5-15(6-4-13)14(2)27-12-25-19-8-18(9-23)26-20(21(19)27)16-7-17(22)11-24-10-16/h7-8,10-15H,3-6H2,1-2H3/t13-,14-,15-/m1/s1. The molecule has 3 aromatic heterocycles. The van der Waals surface area contributed by atoms with Crippen molar-refractivity contribution in [3.8, 4) is 17.3 Å². The van der Waals surface area contributed by atoms with Gasteiger partial charge in [0, 0.05) is 30.1 Å². The van der Waals surface area contributed by atoms with Gasteiger partial charge in [-0.15, -0.1) is 0 Å². The Morgan fingerprint density at radius 1 is 1.22 bits per heavy atom. The first-order valence-electron chi connectivity index (χ1n) is 9.45. The van der Waals surface area contributed by atoms with Crippen molar-refractivity contribution >= 4 is 22.6 Å². The van der Waals surface area contributed by atoms with Crippen LogP contribution in [0.15, 0.2) is 30.9 Å². The second-order valence-corrected chi connectivity index (χ2v) is 8.08. The van der Waals surface area contributed by atoms with E-state index in [1.54, 1.807) is 18.5 Å². The van der Waals surface area contributed by atoms with Gasteiger partial charge in [-0.2, -0.15) is 5.26 Å². The van der Waals surface area contributed by atoms with Crippen molar-refractivity contribution in [3.63, 3.8) is 0 Å². The van der Waals surface area contributed by atoms with Gasteiger partial charge >= 0.3 is 0 Å². The summed E-state index contributed by atoms with van der Waals surface area (Å²) < 4.78 is 2.22. The average molecular weight is 380 g/mol. The van der Waals surface area contributed by atoms with E-state index in [2.05, 4.69) is 39.4 Å². The van der Waals surface area contributed by atoms with Crippen LogP contribution in [0.3, 0.4) is 0 Å². The number of aromatic nitrogens is 4. The average Bonchev–Trinajstić information content (AvgIpc) is 3.11. The number of nitriles is 1. The van der Waals surface area contributed by atoms with Crippen molar-refractivity contribution in [1.29, 1.82) is 5.26 Å². The summed E-state index contributed by atoms with van der Waals surface area (Å²) in [6.45, 7) is 4.60. The molecule has 3 heterocycles. The van der Waals surface area contributed by atoms with E-state index in [1.807, 2.05) is 12.4 Å². The summed E-state index contributed by atoms with van der Waals surface area (Å²) in [5, 5.41) is 9.93. The monoisotopic (exact) mass is 379 g/mol. The molecule has 1 aliphatic rings. The first-order chi connectivity index (χ1) is 13.1. The van der Waals surface area contributed by atoms with Gasteiger partial charge in [-0.05, 0) is 37.7 Å². The van der Waals surface area contributed by atoms with Crippen LogP contribution in [0.5, 0.6) is 0 Å². The van der Waals surface area contributed by atoms with Gasteiger partial charge in [0.25, 0.3) is 0 Å². The quantitative estimate of drug-likeness (QED) is 0.610. The third-order valence-corrected chi connectivity index (χ3v) is 6.03. The Morgan fingerprint density at radius 3 is 2.70 bits per heavy atom. The highest BCUT2D eigenvalue weighted by Crippen LogP contribution is 2.38. The Morgan fingerprint density at radius 2 is 2.00 bits per heavy atom. The lowest BCUT2D eigenvalue weighted by Gasteiger charge is -2.31. The SMILES string of the molecule is C[C@H]([C@H]1CC[C@H](C)CC1)n1cnc2cc(C#N)nc(-c3cncc(Cl)c3)c21. The zero-order valence-electron chi connectivity index (χ0n) is 15.6. The first-order valence-corrected chi connectivity index (χ1v) is 9.83. The predicted molar refractivity (Wildman–Crippen MR) is 106 cm³/mol. The molecule has 3 aromatic rings. The maximum atomic E-state index is 9.38. The van der Waals surface area contributed by atoms with Gasteiger partial charge in [-0.1, -0.05) is 31.4 Å². The molecule has 0 spiro atoms. The molecule has 1 atom stereocenters. The Balaban J connectivity index is 1.84. The van der Waals surface area contributed by atoms with E-state index in [9.17, 15) is 5.26 Å². The fraction of sp³-hybridized carbons (Fsp3) is 0.429. The molecule has 6 heteroatoms. The van der Waals surface area contributed by atoms with Gasteiger partial charge in [0.2, 0.25) is 0 Å². The third-order valence-electron chi connectivity index (χ3n) is 5.83. The number of hydrogen-bond donors (Lipinski definition) is 0. The van der Waals surface area contributed by atoms with E-state index in [4.69, 9.17) is 11.6 Å². The number of pyridine rings is 2. The highest BCUT2D eigenvalue weighted by atomic mass is 35.5. The molecule has 1 saturated carbocycles. The van der Waals surface area contributed by atoms with Gasteiger partial charge in [-0.25, -0.2) is 9.97 Å². The molecule has 0 aromatic carbocycles. The highest BCUT2D eigenvalue weighted by molar-refractivity contribution is 6.30. The lowest BCUT2D eigenvalue weighted by Crippen LogP contribution is -2.21. The van der Waals surface area contributed by atoms with Gasteiger partial charge in [0.1, 0.15) is 11.8 Å². The van der Waals surface area contributed by atoms with E-state index >= 15 is 0 Å². The van der Waals surface area contributed by atoms with E-state index in [0.717, 1.165) is 22.5 Å². The van der Waals surface area contributed by atoms with Gasteiger partial charge in [0.15, 0.2) is 0 Å². The molecule has 0 saturated heterocycles. The minimum absolute atomic E-state index is 0.322. The third kappa shape index (κ3) is 3.42. The van der Waals surface area contributed by atoms with Crippen LogP contribution in [0, 0.1) is 23.2 Å². The molecule has 4 rings (SSSR count). The minimum atomic E-state index is 0.322. The summed E-state index contributed by atoms with van der Waals surface area (Å²) in [6.07, 6.45) is 10.3. The maximum absolute atomic E-state index is 9.38. The lowest BCUT2D eigenvalue weighted by molar-refractivity contribution is 0.227. The van der Waals surface area contributed by atoms with Crippen LogP contribution in [0.1, 0.15) is 51.3 Å². The van der Waals surface area contributed by atoms with E-state index in [1.165, 1.54) is 25.7 Å². The maximum Gasteiger partial charge on any atom is 0.143 e. The first kappa shape index (κ1) is 17.9. The van der Waals surface area contributed by atoms with Crippen molar-refractivity contribution in [2.24, 2.45) is 11.8 Å². The molecule has 138 valence electrons. The van der Waals surface area contributed by atoms with Crippen molar-refractivity contribution in [3.05, 3.63) is 41.6 Å². The van der Waals surface area contributed by atoms with Crippen LogP contribution < -0.4 is 0 Å². The van der Waals surface area contributed by atoms with Crippen LogP contribution in [0.4, 0.5) is 0 Å². The van der Waals surface area contributed by atoms with Gasteiger partial charge in [0.05, 0.1) is 28.1 Å². The Labute approximate surface area is 164 Å². The fourth-order valence-electron chi connectivity index (χ4n) is 4.16. The molecule has 1 aliphatic carbocycles. The Kier molecular flexibility index (Phi) is 4.84. The van der Waals surface area contributed by atoms with Crippen LogP contribution in [-0.2, 0) is 0 Å². The molecular weight excluding hydrogens is 358 g/mol. The van der Waals surface area contributed by atoms with E-state index < -0.39 is 0 Å². The van der Waals surface area contributed by atoms with E-state index in [-0.39, 0.29) is 0 Å². The molecule has 0 radical (unpaired) electrons. The smallest absolute Gasteiger partial charge is 0.143 e. The van der Waals surface area contributed by atoms with Crippen molar-refractivity contribution < 1.29 is 0 Å². The Bertz CT molecular complexity index is 1010. The number of rotatable bonds is 3. The summed E-state index contributed by atoms with van der Waals surface area (Å²) in [5.41, 5.74) is 3.60. The molecule has 0 amide bonds. The molecule has 0 N–H and O–H groups in total. The summed E-state index contributed by atoms with van der Waals surface area (Å²) in [5.74, 6) is 1.44. The van der Waals surface area contributed by atoms with Crippen LogP contribution in [-0.4, -0.2) is 19.5 Å². The number of halogens is 1. The normalized spacial score (nSPS) is 21.1. The summed E-state index contributed by atoms with van der Waals surface area (Å²) in [4.78, 5) is 13.4. The number of nitrogens with zero attached hydrogens (tertiary/aromatic N) is 5.